The van der Waals surface area contributed by atoms with Crippen LogP contribution in [0.15, 0.2) is 76.4 Å². The number of hydrogen-bond acceptors (Lipinski definition) is 5. The van der Waals surface area contributed by atoms with Crippen molar-refractivity contribution in [1.82, 2.24) is 4.98 Å². The van der Waals surface area contributed by atoms with Crippen molar-refractivity contribution >= 4 is 43.2 Å². The lowest BCUT2D eigenvalue weighted by Gasteiger charge is -2.13. The van der Waals surface area contributed by atoms with Gasteiger partial charge in [0.2, 0.25) is 0 Å². The molecule has 0 aliphatic rings. The van der Waals surface area contributed by atoms with Gasteiger partial charge in [0.15, 0.2) is 0 Å². The Kier molecular flexibility index (Phi) is 5.96. The van der Waals surface area contributed by atoms with Crippen LogP contribution < -0.4 is 14.8 Å². The molecule has 144 valence electrons. The van der Waals surface area contributed by atoms with Gasteiger partial charge in [0, 0.05) is 21.9 Å². The van der Waals surface area contributed by atoms with Crippen LogP contribution in [0, 0.1) is 0 Å². The zero-order valence-electron chi connectivity index (χ0n) is 14.7. The number of nitrogens with zero attached hydrogens (tertiary/aromatic N) is 1. The molecule has 0 aliphatic carbocycles. The predicted octanol–water partition coefficient (Wildman–Crippen LogP) is 3.91. The molecule has 0 bridgehead atoms. The van der Waals surface area contributed by atoms with Crippen LogP contribution in [0.1, 0.15) is 10.4 Å². The Hall–Kier alpha value is -2.91. The van der Waals surface area contributed by atoms with Gasteiger partial charge in [-0.2, -0.15) is 0 Å². The minimum absolute atomic E-state index is 0.127. The third-order valence-corrected chi connectivity index (χ3v) is 5.66. The fourth-order valence-electron chi connectivity index (χ4n) is 2.40. The SMILES string of the molecule is COc1ccc(C(=O)Nc2cccnc2)cc1S(=O)(=O)Nc1ccc(Br)cc1. The molecule has 7 nitrogen and oxygen atoms in total. The van der Waals surface area contributed by atoms with Gasteiger partial charge >= 0.3 is 0 Å². The topological polar surface area (TPSA) is 97.4 Å². The minimum Gasteiger partial charge on any atom is -0.495 e. The summed E-state index contributed by atoms with van der Waals surface area (Å²) in [6, 6.07) is 14.2. The largest absolute Gasteiger partial charge is 0.495 e. The maximum absolute atomic E-state index is 12.9. The molecule has 0 saturated heterocycles. The first-order valence-electron chi connectivity index (χ1n) is 8.07. The van der Waals surface area contributed by atoms with Gasteiger partial charge in [-0.1, -0.05) is 15.9 Å². The predicted molar refractivity (Wildman–Crippen MR) is 110 cm³/mol. The number of ether oxygens (including phenoxy) is 1. The van der Waals surface area contributed by atoms with Gasteiger partial charge in [0.1, 0.15) is 10.6 Å². The van der Waals surface area contributed by atoms with Crippen molar-refractivity contribution in [3.05, 3.63) is 77.0 Å². The number of hydrogen-bond donors (Lipinski definition) is 2. The lowest BCUT2D eigenvalue weighted by molar-refractivity contribution is 0.102. The molecule has 0 fully saturated rings. The Balaban J connectivity index is 1.91. The number of halogens is 1. The summed E-state index contributed by atoms with van der Waals surface area (Å²) in [4.78, 5) is 16.3. The Labute approximate surface area is 170 Å². The van der Waals surface area contributed by atoms with Crippen LogP contribution in [0.4, 0.5) is 11.4 Å². The lowest BCUT2D eigenvalue weighted by Crippen LogP contribution is -2.17. The molecule has 1 aromatic heterocycles. The Bertz CT molecular complexity index is 1090. The Morgan fingerprint density at radius 1 is 1.07 bits per heavy atom. The van der Waals surface area contributed by atoms with E-state index in [4.69, 9.17) is 4.74 Å². The van der Waals surface area contributed by atoms with Crippen molar-refractivity contribution < 1.29 is 17.9 Å². The molecule has 0 atom stereocenters. The quantitative estimate of drug-likeness (QED) is 0.579. The van der Waals surface area contributed by atoms with E-state index in [0.29, 0.717) is 11.4 Å². The average Bonchev–Trinajstić information content (AvgIpc) is 2.70. The number of carbonyl (C=O) groups excluding carboxylic acids is 1. The molecule has 0 spiro atoms. The van der Waals surface area contributed by atoms with Crippen LogP contribution in [0.25, 0.3) is 0 Å². The first kappa shape index (κ1) is 19.8. The van der Waals surface area contributed by atoms with Gasteiger partial charge < -0.3 is 10.1 Å². The highest BCUT2D eigenvalue weighted by Gasteiger charge is 2.22. The first-order valence-corrected chi connectivity index (χ1v) is 10.3. The second-order valence-electron chi connectivity index (χ2n) is 5.67. The third-order valence-electron chi connectivity index (χ3n) is 3.73. The van der Waals surface area contributed by atoms with Crippen molar-refractivity contribution in [2.45, 2.75) is 4.90 Å². The highest BCUT2D eigenvalue weighted by Crippen LogP contribution is 2.28. The summed E-state index contributed by atoms with van der Waals surface area (Å²) in [7, 11) is -2.62. The van der Waals surface area contributed by atoms with Crippen LogP contribution in [-0.4, -0.2) is 26.4 Å². The summed E-state index contributed by atoms with van der Waals surface area (Å²) in [5.41, 5.74) is 1.05. The van der Waals surface area contributed by atoms with Gasteiger partial charge in [0.25, 0.3) is 15.9 Å². The third kappa shape index (κ3) is 4.68. The molecule has 1 amide bonds. The van der Waals surface area contributed by atoms with E-state index in [1.807, 2.05) is 0 Å². The Morgan fingerprint density at radius 2 is 1.82 bits per heavy atom. The van der Waals surface area contributed by atoms with Crippen molar-refractivity contribution in [1.29, 1.82) is 0 Å². The molecular weight excluding hydrogens is 446 g/mol. The second kappa shape index (κ2) is 8.41. The van der Waals surface area contributed by atoms with Gasteiger partial charge in [0.05, 0.1) is 19.0 Å². The van der Waals surface area contributed by atoms with Crippen molar-refractivity contribution in [2.75, 3.05) is 17.1 Å². The van der Waals surface area contributed by atoms with E-state index in [2.05, 4.69) is 31.0 Å². The van der Waals surface area contributed by atoms with Crippen LogP contribution in [0.3, 0.4) is 0 Å². The normalized spacial score (nSPS) is 10.9. The molecule has 9 heteroatoms. The number of pyridine rings is 1. The van der Waals surface area contributed by atoms with Crippen molar-refractivity contribution in [3.63, 3.8) is 0 Å². The van der Waals surface area contributed by atoms with Gasteiger partial charge in [-0.3, -0.25) is 14.5 Å². The fourth-order valence-corrected chi connectivity index (χ4v) is 3.91. The van der Waals surface area contributed by atoms with E-state index in [0.717, 1.165) is 4.47 Å². The number of methoxy groups -OCH3 is 1. The zero-order chi connectivity index (χ0) is 20.1. The summed E-state index contributed by atoms with van der Waals surface area (Å²) in [6.07, 6.45) is 3.08. The monoisotopic (exact) mass is 461 g/mol. The molecule has 0 unspecified atom stereocenters. The summed E-state index contributed by atoms with van der Waals surface area (Å²) >= 11 is 3.30. The molecule has 0 radical (unpaired) electrons. The van der Waals surface area contributed by atoms with E-state index in [-0.39, 0.29) is 16.2 Å². The number of benzene rings is 2. The number of nitrogens with one attached hydrogen (secondary N) is 2. The van der Waals surface area contributed by atoms with Crippen LogP contribution in [0.5, 0.6) is 5.75 Å². The summed E-state index contributed by atoms with van der Waals surface area (Å²) < 4.78 is 34.2. The standard InChI is InChI=1S/C19H16BrN3O4S/c1-27-17-9-4-13(19(24)22-16-3-2-10-21-12-16)11-18(17)28(25,26)23-15-7-5-14(20)6-8-15/h2-12,23H,1H3,(H,22,24). The maximum Gasteiger partial charge on any atom is 0.265 e. The number of aromatic nitrogens is 1. The number of sulfonamides is 1. The van der Waals surface area contributed by atoms with E-state index in [9.17, 15) is 13.2 Å². The number of carbonyl (C=O) groups is 1. The van der Waals surface area contributed by atoms with E-state index < -0.39 is 15.9 Å². The molecule has 0 saturated carbocycles. The molecule has 2 aromatic carbocycles. The summed E-state index contributed by atoms with van der Waals surface area (Å²) in [6.45, 7) is 0. The molecule has 3 rings (SSSR count). The highest BCUT2D eigenvalue weighted by molar-refractivity contribution is 9.10. The molecule has 3 aromatic rings. The molecule has 28 heavy (non-hydrogen) atoms. The zero-order valence-corrected chi connectivity index (χ0v) is 17.1. The molecular formula is C19H16BrN3O4S. The number of amides is 1. The minimum atomic E-state index is -3.98. The van der Waals surface area contributed by atoms with E-state index in [1.165, 1.54) is 31.5 Å². The maximum atomic E-state index is 12.9. The van der Waals surface area contributed by atoms with Crippen molar-refractivity contribution in [3.8, 4) is 5.75 Å². The molecule has 0 aliphatic heterocycles. The fraction of sp³-hybridized carbons (Fsp3) is 0.0526. The lowest BCUT2D eigenvalue weighted by atomic mass is 10.2. The van der Waals surface area contributed by atoms with E-state index >= 15 is 0 Å². The molecule has 1 heterocycles. The van der Waals surface area contributed by atoms with Crippen LogP contribution in [-0.2, 0) is 10.0 Å². The van der Waals surface area contributed by atoms with Crippen molar-refractivity contribution in [2.24, 2.45) is 0 Å². The van der Waals surface area contributed by atoms with E-state index in [1.54, 1.807) is 42.6 Å². The highest BCUT2D eigenvalue weighted by atomic mass is 79.9. The van der Waals surface area contributed by atoms with Crippen LogP contribution in [0.2, 0.25) is 0 Å². The first-order chi connectivity index (χ1) is 13.4. The number of anilines is 2. The van der Waals surface area contributed by atoms with Gasteiger partial charge in [-0.25, -0.2) is 8.42 Å². The average molecular weight is 462 g/mol. The smallest absolute Gasteiger partial charge is 0.265 e. The Morgan fingerprint density at radius 3 is 2.46 bits per heavy atom. The summed E-state index contributed by atoms with van der Waals surface area (Å²) in [5, 5.41) is 2.67. The van der Waals surface area contributed by atoms with Gasteiger partial charge in [-0.15, -0.1) is 0 Å². The number of rotatable bonds is 6. The molecule has 2 N–H and O–H groups in total. The van der Waals surface area contributed by atoms with Crippen LogP contribution >= 0.6 is 15.9 Å². The van der Waals surface area contributed by atoms with Gasteiger partial charge in [-0.05, 0) is 54.6 Å². The summed E-state index contributed by atoms with van der Waals surface area (Å²) in [5.74, 6) is -0.335. The second-order valence-corrected chi connectivity index (χ2v) is 8.24.